The molecule has 410 valence electrons. The summed E-state index contributed by atoms with van der Waals surface area (Å²) in [5.74, 6) is -78.0. The Kier molecular flexibility index (Phi) is 11.5. The largest absolute Gasteiger partial charge is 0.392 e. The fourth-order valence-electron chi connectivity index (χ4n) is 10.8. The van der Waals surface area contributed by atoms with Crippen LogP contribution >= 0.6 is 0 Å². The summed E-state index contributed by atoms with van der Waals surface area (Å²) >= 11 is 0. The molecule has 0 aromatic heterocycles. The molecular formula is C37H27F31O3. The molecule has 34 heteroatoms. The molecule has 0 spiro atoms. The molecule has 0 radical (unpaired) electrons. The highest BCUT2D eigenvalue weighted by atomic mass is 19.4. The van der Waals surface area contributed by atoms with Gasteiger partial charge in [-0.2, -0.15) is 105 Å². The Hall–Kier alpha value is -3.10. The second kappa shape index (κ2) is 14.2. The van der Waals surface area contributed by atoms with Crippen LogP contribution in [0.2, 0.25) is 0 Å². The van der Waals surface area contributed by atoms with Gasteiger partial charge in [-0.1, -0.05) is 31.2 Å². The monoisotopic (exact) mass is 1110 g/mol. The third kappa shape index (κ3) is 5.11. The van der Waals surface area contributed by atoms with E-state index in [1.54, 1.807) is 0 Å². The number of halogens is 31. The number of hydrogen-bond acceptors (Lipinski definition) is 3. The van der Waals surface area contributed by atoms with E-state index in [0.29, 0.717) is 5.92 Å². The highest BCUT2D eigenvalue weighted by Crippen LogP contribution is 2.84. The van der Waals surface area contributed by atoms with Crippen molar-refractivity contribution >= 4 is 5.78 Å². The normalized spacial score (nSPS) is 50.1. The molecular weight excluding hydrogens is 1080 g/mol. The van der Waals surface area contributed by atoms with Crippen molar-refractivity contribution in [3.05, 3.63) is 24.3 Å². The van der Waals surface area contributed by atoms with Gasteiger partial charge in [0.1, 0.15) is 0 Å². The zero-order valence-corrected chi connectivity index (χ0v) is 34.2. The molecule has 0 amide bonds. The van der Waals surface area contributed by atoms with Gasteiger partial charge in [0.05, 0.1) is 6.10 Å². The minimum Gasteiger partial charge on any atom is -0.392 e. The molecule has 8 saturated carbocycles. The van der Waals surface area contributed by atoms with Crippen molar-refractivity contribution in [2.24, 2.45) is 29.6 Å². The molecule has 0 aliphatic heterocycles. The molecule has 14 unspecified atom stereocenters. The lowest BCUT2D eigenvalue weighted by Gasteiger charge is -2.44. The standard InChI is InChI=1S/C8H3F11.C8H12.C7H2F10O.C7F10O.C7H10O/c1-2(9)3(10)6(14,15)4(11,5(2,12)13)8(18,19)7(3,16)17;1-6-4-7-2-3-8(6)5-7;2*8-2-1(18)3(9,10)4(11,5(2,12)13)7(16,17)6(2,14)15;8-7-4-5-1-2-6(7)3-5/h1H3;2-3,6-8H,4-5H2,1H3;1,18H;;1-2,5-8H,3-4H2. The third-order valence-corrected chi connectivity index (χ3v) is 15.2. The van der Waals surface area contributed by atoms with Gasteiger partial charge in [-0.05, 0) is 56.3 Å². The molecule has 10 aliphatic rings. The van der Waals surface area contributed by atoms with E-state index in [-0.39, 0.29) is 6.10 Å². The number of carbonyl (C=O) groups excluding carboxylic acids is 1. The lowest BCUT2D eigenvalue weighted by Crippen LogP contribution is -2.74. The van der Waals surface area contributed by atoms with E-state index in [4.69, 9.17) is 10.2 Å². The van der Waals surface area contributed by atoms with E-state index < -0.39 is 130 Å². The van der Waals surface area contributed by atoms with Gasteiger partial charge in [-0.25, -0.2) is 30.7 Å². The van der Waals surface area contributed by atoms with Crippen LogP contribution in [0.15, 0.2) is 24.3 Å². The summed E-state index contributed by atoms with van der Waals surface area (Å²) in [6.07, 6.45) is 9.72. The summed E-state index contributed by atoms with van der Waals surface area (Å²) in [4.78, 5) is 10.5. The van der Waals surface area contributed by atoms with Crippen LogP contribution in [0.25, 0.3) is 0 Å². The number of alkyl halides is 31. The Balaban J connectivity index is 0.000000151. The number of ketones is 1. The highest BCUT2D eigenvalue weighted by Gasteiger charge is 3.16. The summed E-state index contributed by atoms with van der Waals surface area (Å²) in [7, 11) is 0. The van der Waals surface area contributed by atoms with Gasteiger partial charge < -0.3 is 10.2 Å². The van der Waals surface area contributed by atoms with E-state index in [1.807, 2.05) is 0 Å². The van der Waals surface area contributed by atoms with Gasteiger partial charge in [-0.3, -0.25) is 4.79 Å². The fourth-order valence-corrected chi connectivity index (χ4v) is 10.8. The Morgan fingerprint density at radius 1 is 0.408 bits per heavy atom. The van der Waals surface area contributed by atoms with Crippen LogP contribution in [0, 0.1) is 29.6 Å². The molecule has 10 rings (SSSR count). The maximum absolute atomic E-state index is 13.6. The van der Waals surface area contributed by atoms with Crippen LogP contribution in [0.3, 0.4) is 0 Å². The Morgan fingerprint density at radius 3 is 1.06 bits per heavy atom. The van der Waals surface area contributed by atoms with Crippen LogP contribution in [0.1, 0.15) is 39.5 Å². The van der Waals surface area contributed by atoms with Crippen molar-refractivity contribution in [3.8, 4) is 0 Å². The van der Waals surface area contributed by atoms with E-state index >= 15 is 0 Å². The zero-order chi connectivity index (χ0) is 55.8. The predicted molar refractivity (Wildman–Crippen MR) is 169 cm³/mol. The number of fused-ring (bicyclic) bond motifs is 10. The minimum atomic E-state index is -6.78. The summed E-state index contributed by atoms with van der Waals surface area (Å²) in [5, 5.41) is 17.6. The predicted octanol–water partition coefficient (Wildman–Crippen LogP) is 11.7. The Morgan fingerprint density at radius 2 is 0.803 bits per heavy atom. The zero-order valence-electron chi connectivity index (χ0n) is 34.2. The maximum atomic E-state index is 13.6. The summed E-state index contributed by atoms with van der Waals surface area (Å²) in [6.45, 7) is 1.57. The number of aliphatic hydroxyl groups is 2. The van der Waals surface area contributed by atoms with E-state index in [9.17, 15) is 141 Å². The van der Waals surface area contributed by atoms with Gasteiger partial charge in [0.2, 0.25) is 5.67 Å². The Labute approximate surface area is 373 Å². The van der Waals surface area contributed by atoms with Gasteiger partial charge in [0.15, 0.2) is 6.10 Å². The van der Waals surface area contributed by atoms with Crippen molar-refractivity contribution < 1.29 is 151 Å². The summed E-state index contributed by atoms with van der Waals surface area (Å²) in [6, 6.07) is 0. The van der Waals surface area contributed by atoms with Crippen LogP contribution in [-0.2, 0) is 4.79 Å². The second-order valence-corrected chi connectivity index (χ2v) is 18.8. The van der Waals surface area contributed by atoms with Crippen LogP contribution in [0.5, 0.6) is 0 Å². The number of carbonyl (C=O) groups is 1. The molecule has 71 heavy (non-hydrogen) atoms. The minimum absolute atomic E-state index is 0.00926. The first-order valence-corrected chi connectivity index (χ1v) is 19.7. The number of allylic oxidation sites excluding steroid dienone is 3. The lowest BCUT2D eigenvalue weighted by atomic mass is 9.76. The van der Waals surface area contributed by atoms with E-state index in [1.165, 1.54) is 19.3 Å². The molecule has 2 N–H and O–H groups in total. The molecule has 10 bridgehead atoms. The van der Waals surface area contributed by atoms with Crippen molar-refractivity contribution in [3.63, 3.8) is 0 Å². The first-order valence-electron chi connectivity index (χ1n) is 19.7. The first-order chi connectivity index (χ1) is 31.0. The third-order valence-electron chi connectivity index (χ3n) is 15.2. The van der Waals surface area contributed by atoms with Crippen molar-refractivity contribution in [2.75, 3.05) is 0 Å². The van der Waals surface area contributed by atoms with Crippen LogP contribution in [0.4, 0.5) is 136 Å². The van der Waals surface area contributed by atoms with Crippen molar-refractivity contribution in [1.29, 1.82) is 0 Å². The lowest BCUT2D eigenvalue weighted by molar-refractivity contribution is -0.372. The smallest absolute Gasteiger partial charge is 0.360 e. The highest BCUT2D eigenvalue weighted by molar-refractivity contribution is 6.03. The average molecular weight is 1110 g/mol. The molecule has 3 nitrogen and oxygen atoms in total. The summed E-state index contributed by atoms with van der Waals surface area (Å²) < 4.78 is 402. The van der Waals surface area contributed by atoms with E-state index in [0.717, 1.165) is 30.1 Å². The van der Waals surface area contributed by atoms with E-state index in [2.05, 4.69) is 31.2 Å². The quantitative estimate of drug-likeness (QED) is 0.188. The number of aliphatic hydroxyl groups excluding tert-OH is 2. The molecule has 0 aromatic rings. The molecule has 8 fully saturated rings. The van der Waals surface area contributed by atoms with Gasteiger partial charge in [0, 0.05) is 5.92 Å². The SMILES string of the molecule is CC1(F)C(F)(F)C2(F)C(F)(F)C(F)(F)C1(F)C2(F)F.CC1CC2C=CC1C2.O=C1C(F)(F)C2(F)C(F)(F)C(F)(F)C1(F)C2(F)F.OC1C(F)(F)C2(F)C(F)(F)C(F)(F)C1(F)C2(F)F.OC1CC2C=CC1C2. The van der Waals surface area contributed by atoms with Crippen LogP contribution in [-0.4, -0.2) is 139 Å². The molecule has 0 heterocycles. The first kappa shape index (κ1) is 57.2. The topological polar surface area (TPSA) is 57.5 Å². The number of hydrogen-bond donors (Lipinski definition) is 2. The number of rotatable bonds is 0. The van der Waals surface area contributed by atoms with Crippen LogP contribution < -0.4 is 0 Å². The molecule has 14 atom stereocenters. The van der Waals surface area contributed by atoms with Crippen molar-refractivity contribution in [1.82, 2.24) is 0 Å². The Bertz CT molecular complexity index is 2170. The molecule has 0 saturated heterocycles. The molecule has 10 aliphatic carbocycles. The molecule has 0 aromatic carbocycles. The fraction of sp³-hybridized carbons (Fsp3) is 0.865. The van der Waals surface area contributed by atoms with Gasteiger partial charge in [-0.15, -0.1) is 0 Å². The van der Waals surface area contributed by atoms with Gasteiger partial charge in [0.25, 0.3) is 17.1 Å². The van der Waals surface area contributed by atoms with Crippen molar-refractivity contribution in [2.45, 2.75) is 162 Å². The van der Waals surface area contributed by atoms with Gasteiger partial charge >= 0.3 is 93.7 Å². The second-order valence-electron chi connectivity index (χ2n) is 18.8. The summed E-state index contributed by atoms with van der Waals surface area (Å²) in [5.41, 5.74) is -44.1. The average Bonchev–Trinajstić information content (AvgIpc) is 4.09. The number of Topliss-reactive ketones (excluding diaryl/α,β-unsaturated/α-hetero) is 1. The maximum Gasteiger partial charge on any atom is 0.360 e.